The molecule has 0 amide bonds. The van der Waals surface area contributed by atoms with Crippen LogP contribution >= 0.6 is 22.7 Å². The summed E-state index contributed by atoms with van der Waals surface area (Å²) < 4.78 is 1.21. The van der Waals surface area contributed by atoms with Crippen LogP contribution in [0.15, 0.2) is 29.1 Å². The van der Waals surface area contributed by atoms with E-state index in [1.807, 2.05) is 5.51 Å². The van der Waals surface area contributed by atoms with Crippen molar-refractivity contribution in [3.8, 4) is 0 Å². The van der Waals surface area contributed by atoms with E-state index in [1.54, 1.807) is 22.7 Å². The highest BCUT2D eigenvalue weighted by Gasteiger charge is 2.17. The first-order valence-corrected chi connectivity index (χ1v) is 8.30. The van der Waals surface area contributed by atoms with Crippen LogP contribution in [0, 0.1) is 0 Å². The first kappa shape index (κ1) is 13.5. The fourth-order valence-electron chi connectivity index (χ4n) is 1.89. The summed E-state index contributed by atoms with van der Waals surface area (Å²) >= 11 is 3.40. The molecule has 0 aliphatic rings. The minimum Gasteiger partial charge on any atom is -0.379 e. The molecule has 0 fully saturated rings. The number of thiazole rings is 2. The van der Waals surface area contributed by atoms with Gasteiger partial charge >= 0.3 is 0 Å². The highest BCUT2D eigenvalue weighted by molar-refractivity contribution is 7.16. The smallest absolute Gasteiger partial charge is 0.0982 e. The van der Waals surface area contributed by atoms with Crippen LogP contribution in [0.1, 0.15) is 31.5 Å². The van der Waals surface area contributed by atoms with E-state index in [9.17, 15) is 0 Å². The van der Waals surface area contributed by atoms with E-state index in [-0.39, 0.29) is 5.41 Å². The van der Waals surface area contributed by atoms with Crippen molar-refractivity contribution in [1.82, 2.24) is 9.97 Å². The van der Waals surface area contributed by atoms with Crippen molar-refractivity contribution in [3.05, 3.63) is 39.8 Å². The van der Waals surface area contributed by atoms with Gasteiger partial charge in [-0.1, -0.05) is 20.8 Å². The minimum atomic E-state index is 0.129. The van der Waals surface area contributed by atoms with Crippen LogP contribution in [0.3, 0.4) is 0 Å². The second-order valence-corrected chi connectivity index (χ2v) is 7.53. The molecule has 1 aromatic carbocycles. The van der Waals surface area contributed by atoms with Gasteiger partial charge in [0.05, 0.1) is 33.0 Å². The Labute approximate surface area is 126 Å². The van der Waals surface area contributed by atoms with E-state index >= 15 is 0 Å². The zero-order chi connectivity index (χ0) is 14.2. The molecule has 2 heterocycles. The number of benzene rings is 1. The predicted octanol–water partition coefficient (Wildman–Crippen LogP) is 4.66. The molecule has 0 saturated heterocycles. The van der Waals surface area contributed by atoms with E-state index in [0.717, 1.165) is 23.4 Å². The molecule has 0 radical (unpaired) electrons. The number of hydrogen-bond acceptors (Lipinski definition) is 5. The lowest BCUT2D eigenvalue weighted by Crippen LogP contribution is -2.11. The number of aromatic nitrogens is 2. The lowest BCUT2D eigenvalue weighted by Gasteiger charge is -2.13. The Balaban J connectivity index is 1.71. The van der Waals surface area contributed by atoms with E-state index in [2.05, 4.69) is 54.7 Å². The van der Waals surface area contributed by atoms with Crippen LogP contribution in [-0.4, -0.2) is 9.97 Å². The van der Waals surface area contributed by atoms with Gasteiger partial charge in [0, 0.05) is 16.5 Å². The van der Waals surface area contributed by atoms with Crippen molar-refractivity contribution in [2.24, 2.45) is 0 Å². The van der Waals surface area contributed by atoms with Gasteiger partial charge in [-0.25, -0.2) is 9.97 Å². The molecule has 3 nitrogen and oxygen atoms in total. The van der Waals surface area contributed by atoms with Crippen LogP contribution in [0.4, 0.5) is 5.69 Å². The van der Waals surface area contributed by atoms with E-state index in [1.165, 1.54) is 9.71 Å². The third kappa shape index (κ3) is 2.83. The molecule has 1 N–H and O–H groups in total. The Kier molecular flexibility index (Phi) is 3.48. The van der Waals surface area contributed by atoms with E-state index < -0.39 is 0 Å². The normalized spacial score (nSPS) is 11.9. The first-order valence-electron chi connectivity index (χ1n) is 6.54. The third-order valence-electron chi connectivity index (χ3n) is 3.00. The average Bonchev–Trinajstić information content (AvgIpc) is 3.04. The molecule has 3 aromatic rings. The molecular formula is C15H17N3S2. The van der Waals surface area contributed by atoms with Crippen molar-refractivity contribution >= 4 is 38.6 Å². The molecule has 2 aromatic heterocycles. The number of nitrogens with zero attached hydrogens (tertiary/aromatic N) is 2. The topological polar surface area (TPSA) is 37.8 Å². The van der Waals surface area contributed by atoms with Gasteiger partial charge < -0.3 is 5.32 Å². The van der Waals surface area contributed by atoms with Crippen LogP contribution in [0.25, 0.3) is 10.2 Å². The van der Waals surface area contributed by atoms with Gasteiger partial charge in [-0.2, -0.15) is 0 Å². The van der Waals surface area contributed by atoms with Crippen molar-refractivity contribution in [3.63, 3.8) is 0 Å². The lowest BCUT2D eigenvalue weighted by atomic mass is 9.98. The number of anilines is 1. The summed E-state index contributed by atoms with van der Waals surface area (Å²) in [4.78, 5) is 8.98. The maximum Gasteiger partial charge on any atom is 0.0982 e. The van der Waals surface area contributed by atoms with Crippen molar-refractivity contribution < 1.29 is 0 Å². The van der Waals surface area contributed by atoms with Crippen molar-refractivity contribution in [1.29, 1.82) is 0 Å². The summed E-state index contributed by atoms with van der Waals surface area (Å²) in [5.41, 5.74) is 5.29. The summed E-state index contributed by atoms with van der Waals surface area (Å²) in [5, 5.41) is 6.76. The number of fused-ring (bicyclic) bond motifs is 1. The summed E-state index contributed by atoms with van der Waals surface area (Å²) in [6.07, 6.45) is 0. The largest absolute Gasteiger partial charge is 0.379 e. The molecule has 0 atom stereocenters. The summed E-state index contributed by atoms with van der Waals surface area (Å²) in [7, 11) is 0. The van der Waals surface area contributed by atoms with Gasteiger partial charge in [0.2, 0.25) is 0 Å². The molecule has 0 bridgehead atoms. The molecular weight excluding hydrogens is 286 g/mol. The number of rotatable bonds is 3. The summed E-state index contributed by atoms with van der Waals surface area (Å²) in [5.74, 6) is 0. The van der Waals surface area contributed by atoms with E-state index in [0.29, 0.717) is 0 Å². The molecule has 20 heavy (non-hydrogen) atoms. The fourth-order valence-corrected chi connectivity index (χ4v) is 3.51. The maximum atomic E-state index is 4.70. The van der Waals surface area contributed by atoms with Crippen LogP contribution in [-0.2, 0) is 12.0 Å². The minimum absolute atomic E-state index is 0.129. The molecule has 0 aliphatic carbocycles. The highest BCUT2D eigenvalue weighted by Crippen LogP contribution is 2.26. The van der Waals surface area contributed by atoms with Gasteiger partial charge in [-0.3, -0.25) is 0 Å². The Morgan fingerprint density at radius 2 is 2.05 bits per heavy atom. The second kappa shape index (κ2) is 5.14. The molecule has 5 heteroatoms. The Morgan fingerprint density at radius 3 is 2.80 bits per heavy atom. The predicted molar refractivity (Wildman–Crippen MR) is 87.8 cm³/mol. The summed E-state index contributed by atoms with van der Waals surface area (Å²) in [6, 6.07) is 6.26. The highest BCUT2D eigenvalue weighted by atomic mass is 32.1. The molecule has 0 saturated carbocycles. The average molecular weight is 303 g/mol. The van der Waals surface area contributed by atoms with Gasteiger partial charge in [0.15, 0.2) is 0 Å². The molecule has 104 valence electrons. The number of hydrogen-bond donors (Lipinski definition) is 1. The third-order valence-corrected chi connectivity index (χ3v) is 5.11. The first-order chi connectivity index (χ1) is 9.52. The Bertz CT molecular complexity index is 722. The van der Waals surface area contributed by atoms with Gasteiger partial charge in [0.25, 0.3) is 0 Å². The number of nitrogens with one attached hydrogen (secondary N) is 1. The van der Waals surface area contributed by atoms with Crippen LogP contribution in [0.2, 0.25) is 0 Å². The lowest BCUT2D eigenvalue weighted by molar-refractivity contribution is 0.583. The van der Waals surface area contributed by atoms with Crippen molar-refractivity contribution in [2.45, 2.75) is 32.7 Å². The van der Waals surface area contributed by atoms with Gasteiger partial charge in [-0.15, -0.1) is 22.7 Å². The molecule has 0 aliphatic heterocycles. The van der Waals surface area contributed by atoms with Crippen LogP contribution in [0.5, 0.6) is 0 Å². The van der Waals surface area contributed by atoms with Crippen molar-refractivity contribution in [2.75, 3.05) is 5.32 Å². The maximum absolute atomic E-state index is 4.70. The Hall–Kier alpha value is -1.46. The second-order valence-electron chi connectivity index (χ2n) is 5.78. The van der Waals surface area contributed by atoms with Crippen LogP contribution < -0.4 is 5.32 Å². The molecule has 0 spiro atoms. The SMILES string of the molecule is CC(C)(C)c1nc(CNc2ccc3ncsc3c2)cs1. The monoisotopic (exact) mass is 303 g/mol. The van der Waals surface area contributed by atoms with E-state index in [4.69, 9.17) is 4.98 Å². The Morgan fingerprint density at radius 1 is 1.20 bits per heavy atom. The van der Waals surface area contributed by atoms with Gasteiger partial charge in [0.1, 0.15) is 0 Å². The zero-order valence-corrected chi connectivity index (χ0v) is 13.4. The quantitative estimate of drug-likeness (QED) is 0.764. The molecule has 3 rings (SSSR count). The fraction of sp³-hybridized carbons (Fsp3) is 0.333. The molecule has 0 unspecified atom stereocenters. The standard InChI is InChI=1S/C15H17N3S2/c1-15(2,3)14-18-11(8-19-14)7-16-10-4-5-12-13(6-10)20-9-17-12/h4-6,8-9,16H,7H2,1-3H3. The van der Waals surface area contributed by atoms with Gasteiger partial charge in [-0.05, 0) is 18.2 Å². The zero-order valence-electron chi connectivity index (χ0n) is 11.8. The summed E-state index contributed by atoms with van der Waals surface area (Å²) in [6.45, 7) is 7.35.